The third-order valence-electron chi connectivity index (χ3n) is 2.97. The van der Waals surface area contributed by atoms with E-state index in [1.807, 2.05) is 0 Å². The molecule has 1 aromatic carbocycles. The number of benzene rings is 1. The van der Waals surface area contributed by atoms with Gasteiger partial charge in [0, 0.05) is 25.6 Å². The lowest BCUT2D eigenvalue weighted by Gasteiger charge is -2.12. The normalized spacial score (nSPS) is 15.1. The summed E-state index contributed by atoms with van der Waals surface area (Å²) in [6.45, 7) is 0.260. The molecule has 0 radical (unpaired) electrons. The molecule has 0 unspecified atom stereocenters. The van der Waals surface area contributed by atoms with Crippen LogP contribution in [0.4, 0.5) is 0 Å². The molecular formula is C13H15N3O4S. The maximum atomic E-state index is 11.8. The third-order valence-corrected chi connectivity index (χ3v) is 4.10. The minimum absolute atomic E-state index is 0.206. The van der Waals surface area contributed by atoms with Gasteiger partial charge in [0.1, 0.15) is 5.71 Å². The SMILES string of the molecule is CS(=O)(=O)c1ccc(CNC(=O)C2=NNC(=O)CC2)cc1. The van der Waals surface area contributed by atoms with Crippen LogP contribution in [-0.4, -0.2) is 32.2 Å². The molecule has 0 atom stereocenters. The number of hydrazone groups is 1. The van der Waals surface area contributed by atoms with E-state index >= 15 is 0 Å². The van der Waals surface area contributed by atoms with E-state index in [-0.39, 0.29) is 35.4 Å². The molecule has 1 heterocycles. The zero-order valence-electron chi connectivity index (χ0n) is 11.4. The molecule has 2 N–H and O–H groups in total. The Kier molecular flexibility index (Phi) is 4.37. The first-order chi connectivity index (χ1) is 9.86. The quantitative estimate of drug-likeness (QED) is 0.815. The summed E-state index contributed by atoms with van der Waals surface area (Å²) in [4.78, 5) is 23.0. The highest BCUT2D eigenvalue weighted by atomic mass is 32.2. The lowest BCUT2D eigenvalue weighted by molar-refractivity contribution is -0.121. The van der Waals surface area contributed by atoms with Crippen LogP contribution in [0.1, 0.15) is 18.4 Å². The molecule has 21 heavy (non-hydrogen) atoms. The summed E-state index contributed by atoms with van der Waals surface area (Å²) in [7, 11) is -3.22. The molecule has 0 fully saturated rings. The van der Waals surface area contributed by atoms with Gasteiger partial charge in [-0.15, -0.1) is 0 Å². The summed E-state index contributed by atoms with van der Waals surface area (Å²) in [6, 6.07) is 6.27. The molecule has 8 heteroatoms. The molecule has 1 aromatic rings. The summed E-state index contributed by atoms with van der Waals surface area (Å²) >= 11 is 0. The fraction of sp³-hybridized carbons (Fsp3) is 0.308. The van der Waals surface area contributed by atoms with Crippen LogP contribution >= 0.6 is 0 Å². The molecule has 0 spiro atoms. The molecule has 7 nitrogen and oxygen atoms in total. The van der Waals surface area contributed by atoms with E-state index in [9.17, 15) is 18.0 Å². The number of nitrogens with one attached hydrogen (secondary N) is 2. The van der Waals surface area contributed by atoms with Gasteiger partial charge in [-0.25, -0.2) is 13.8 Å². The number of rotatable bonds is 4. The fourth-order valence-corrected chi connectivity index (χ4v) is 2.41. The molecule has 0 aliphatic carbocycles. The van der Waals surface area contributed by atoms with Crippen molar-refractivity contribution in [1.82, 2.24) is 10.7 Å². The third kappa shape index (κ3) is 4.12. The Morgan fingerprint density at radius 1 is 1.29 bits per heavy atom. The first-order valence-corrected chi connectivity index (χ1v) is 8.18. The second-order valence-corrected chi connectivity index (χ2v) is 6.71. The van der Waals surface area contributed by atoms with Gasteiger partial charge in [0.15, 0.2) is 9.84 Å². The van der Waals surface area contributed by atoms with E-state index in [0.29, 0.717) is 6.42 Å². The van der Waals surface area contributed by atoms with Crippen molar-refractivity contribution in [2.24, 2.45) is 5.10 Å². The van der Waals surface area contributed by atoms with E-state index in [1.165, 1.54) is 12.1 Å². The lowest BCUT2D eigenvalue weighted by Crippen LogP contribution is -2.36. The Morgan fingerprint density at radius 3 is 2.48 bits per heavy atom. The molecule has 0 saturated heterocycles. The van der Waals surface area contributed by atoms with Crippen LogP contribution in [0.25, 0.3) is 0 Å². The first kappa shape index (κ1) is 15.2. The van der Waals surface area contributed by atoms with Gasteiger partial charge in [-0.1, -0.05) is 12.1 Å². The zero-order chi connectivity index (χ0) is 15.5. The van der Waals surface area contributed by atoms with Crippen molar-refractivity contribution < 1.29 is 18.0 Å². The van der Waals surface area contributed by atoms with Crippen LogP contribution in [-0.2, 0) is 26.0 Å². The summed E-state index contributed by atoms with van der Waals surface area (Å²) in [5, 5.41) is 6.37. The molecule has 2 amide bonds. The van der Waals surface area contributed by atoms with Crippen molar-refractivity contribution in [1.29, 1.82) is 0 Å². The van der Waals surface area contributed by atoms with Gasteiger partial charge in [0.05, 0.1) is 4.90 Å². The number of sulfone groups is 1. The van der Waals surface area contributed by atoms with Crippen molar-refractivity contribution in [2.75, 3.05) is 6.26 Å². The lowest BCUT2D eigenvalue weighted by atomic mass is 10.1. The monoisotopic (exact) mass is 309 g/mol. The molecule has 0 saturated carbocycles. The van der Waals surface area contributed by atoms with Crippen LogP contribution < -0.4 is 10.7 Å². The van der Waals surface area contributed by atoms with E-state index < -0.39 is 9.84 Å². The number of carbonyl (C=O) groups excluding carboxylic acids is 2. The number of hydrogen-bond donors (Lipinski definition) is 2. The van der Waals surface area contributed by atoms with Crippen LogP contribution in [0.5, 0.6) is 0 Å². The van der Waals surface area contributed by atoms with E-state index in [4.69, 9.17) is 0 Å². The standard InChI is InChI=1S/C13H15N3O4S/c1-21(19,20)10-4-2-9(3-5-10)8-14-13(18)11-6-7-12(17)16-15-11/h2-5H,6-8H2,1H3,(H,14,18)(H,16,17). The van der Waals surface area contributed by atoms with Crippen molar-refractivity contribution in [3.8, 4) is 0 Å². The summed E-state index contributed by atoms with van der Waals surface area (Å²) in [6.07, 6.45) is 1.69. The van der Waals surface area contributed by atoms with E-state index in [1.54, 1.807) is 12.1 Å². The van der Waals surface area contributed by atoms with Crippen molar-refractivity contribution in [3.05, 3.63) is 29.8 Å². The topological polar surface area (TPSA) is 105 Å². The summed E-state index contributed by atoms with van der Waals surface area (Å²) in [5.74, 6) is -0.551. The van der Waals surface area contributed by atoms with Gasteiger partial charge < -0.3 is 5.32 Å². The van der Waals surface area contributed by atoms with Crippen molar-refractivity contribution in [3.63, 3.8) is 0 Å². The number of hydrogen-bond acceptors (Lipinski definition) is 5. The Balaban J connectivity index is 1.94. The Morgan fingerprint density at radius 2 is 1.95 bits per heavy atom. The molecule has 1 aliphatic heterocycles. The van der Waals surface area contributed by atoms with Gasteiger partial charge >= 0.3 is 0 Å². The van der Waals surface area contributed by atoms with Crippen molar-refractivity contribution in [2.45, 2.75) is 24.3 Å². The Hall–Kier alpha value is -2.22. The predicted molar refractivity (Wildman–Crippen MR) is 76.2 cm³/mol. The number of carbonyl (C=O) groups is 2. The van der Waals surface area contributed by atoms with Gasteiger partial charge in [-0.3, -0.25) is 9.59 Å². The molecular weight excluding hydrogens is 294 g/mol. The van der Waals surface area contributed by atoms with Crippen LogP contribution in [0.2, 0.25) is 0 Å². The first-order valence-electron chi connectivity index (χ1n) is 6.29. The van der Waals surface area contributed by atoms with Gasteiger partial charge in [-0.05, 0) is 17.7 Å². The van der Waals surface area contributed by atoms with Gasteiger partial charge in [0.2, 0.25) is 5.91 Å². The largest absolute Gasteiger partial charge is 0.347 e. The molecule has 0 aromatic heterocycles. The Bertz CT molecular complexity index is 693. The minimum atomic E-state index is -3.22. The number of nitrogens with zero attached hydrogens (tertiary/aromatic N) is 1. The average molecular weight is 309 g/mol. The summed E-state index contributed by atoms with van der Waals surface area (Å²) < 4.78 is 22.6. The van der Waals surface area contributed by atoms with E-state index in [0.717, 1.165) is 11.8 Å². The molecule has 1 aliphatic rings. The maximum absolute atomic E-state index is 11.8. The van der Waals surface area contributed by atoms with Crippen LogP contribution in [0, 0.1) is 0 Å². The second-order valence-electron chi connectivity index (χ2n) is 4.69. The van der Waals surface area contributed by atoms with Crippen molar-refractivity contribution >= 4 is 27.4 Å². The minimum Gasteiger partial charge on any atom is -0.347 e. The highest BCUT2D eigenvalue weighted by Crippen LogP contribution is 2.10. The smallest absolute Gasteiger partial charge is 0.267 e. The second kappa shape index (κ2) is 6.04. The molecule has 112 valence electrons. The van der Waals surface area contributed by atoms with E-state index in [2.05, 4.69) is 15.8 Å². The summed E-state index contributed by atoms with van der Waals surface area (Å²) in [5.41, 5.74) is 3.31. The average Bonchev–Trinajstić information content (AvgIpc) is 2.45. The molecule has 2 rings (SSSR count). The van der Waals surface area contributed by atoms with Gasteiger partial charge in [-0.2, -0.15) is 5.10 Å². The highest BCUT2D eigenvalue weighted by Gasteiger charge is 2.17. The Labute approximate surface area is 122 Å². The van der Waals surface area contributed by atoms with Crippen LogP contribution in [0.3, 0.4) is 0 Å². The predicted octanol–water partition coefficient (Wildman–Crippen LogP) is -0.0277. The van der Waals surface area contributed by atoms with Crippen LogP contribution in [0.15, 0.2) is 34.3 Å². The highest BCUT2D eigenvalue weighted by molar-refractivity contribution is 7.90. The zero-order valence-corrected chi connectivity index (χ0v) is 12.2. The molecule has 0 bridgehead atoms. The maximum Gasteiger partial charge on any atom is 0.267 e. The number of amides is 2. The fourth-order valence-electron chi connectivity index (χ4n) is 1.78. The van der Waals surface area contributed by atoms with Gasteiger partial charge in [0.25, 0.3) is 5.91 Å².